The molecule has 1 saturated carbocycles. The van der Waals surface area contributed by atoms with Gasteiger partial charge in [0, 0.05) is 11.6 Å². The Hall–Kier alpha value is -1.06. The highest BCUT2D eigenvalue weighted by Crippen LogP contribution is 2.34. The minimum absolute atomic E-state index is 0.197. The molecule has 3 nitrogen and oxygen atoms in total. The van der Waals surface area contributed by atoms with Crippen molar-refractivity contribution in [1.82, 2.24) is 0 Å². The summed E-state index contributed by atoms with van der Waals surface area (Å²) < 4.78 is 5.68. The van der Waals surface area contributed by atoms with E-state index in [1.165, 1.54) is 5.56 Å². The maximum atomic E-state index is 6.52. The van der Waals surface area contributed by atoms with Gasteiger partial charge in [0.25, 0.3) is 0 Å². The SMILES string of the molecule is CCCCOc1ccc(C2(N)CCC(N)CC2)cc1. The minimum atomic E-state index is -0.197. The van der Waals surface area contributed by atoms with Crippen LogP contribution < -0.4 is 16.2 Å². The van der Waals surface area contributed by atoms with Crippen molar-refractivity contribution in [3.63, 3.8) is 0 Å². The van der Waals surface area contributed by atoms with Gasteiger partial charge in [-0.2, -0.15) is 0 Å². The standard InChI is InChI=1S/C16H26N2O/c1-2-3-12-19-15-6-4-13(5-7-15)16(18)10-8-14(17)9-11-16/h4-7,14H,2-3,8-12,17-18H2,1H3. The summed E-state index contributed by atoms with van der Waals surface area (Å²) in [7, 11) is 0. The van der Waals surface area contributed by atoms with E-state index in [1.807, 2.05) is 12.1 Å². The van der Waals surface area contributed by atoms with Gasteiger partial charge < -0.3 is 16.2 Å². The normalized spacial score (nSPS) is 27.2. The second-order valence-corrected chi connectivity index (χ2v) is 5.72. The van der Waals surface area contributed by atoms with Gasteiger partial charge >= 0.3 is 0 Å². The van der Waals surface area contributed by atoms with E-state index in [0.29, 0.717) is 6.04 Å². The first-order valence-electron chi connectivity index (χ1n) is 7.42. The summed E-state index contributed by atoms with van der Waals surface area (Å²) >= 11 is 0. The summed E-state index contributed by atoms with van der Waals surface area (Å²) in [5.41, 5.74) is 13.5. The highest BCUT2D eigenvalue weighted by Gasteiger charge is 2.31. The van der Waals surface area contributed by atoms with Crippen molar-refractivity contribution in [2.24, 2.45) is 11.5 Å². The Kier molecular flexibility index (Phi) is 4.83. The largest absolute Gasteiger partial charge is 0.494 e. The van der Waals surface area contributed by atoms with Crippen molar-refractivity contribution >= 4 is 0 Å². The van der Waals surface area contributed by atoms with Gasteiger partial charge in [-0.15, -0.1) is 0 Å². The lowest BCUT2D eigenvalue weighted by Crippen LogP contribution is -2.43. The Morgan fingerprint density at radius 2 is 1.84 bits per heavy atom. The van der Waals surface area contributed by atoms with Crippen LogP contribution in [-0.4, -0.2) is 12.6 Å². The third-order valence-corrected chi connectivity index (χ3v) is 4.12. The fourth-order valence-electron chi connectivity index (χ4n) is 2.66. The molecule has 1 aliphatic rings. The third-order valence-electron chi connectivity index (χ3n) is 4.12. The summed E-state index contributed by atoms with van der Waals surface area (Å²) in [6, 6.07) is 8.62. The maximum Gasteiger partial charge on any atom is 0.119 e. The Morgan fingerprint density at radius 3 is 2.42 bits per heavy atom. The zero-order valence-electron chi connectivity index (χ0n) is 11.9. The van der Waals surface area contributed by atoms with Crippen LogP contribution >= 0.6 is 0 Å². The van der Waals surface area contributed by atoms with E-state index >= 15 is 0 Å². The second kappa shape index (κ2) is 6.40. The maximum absolute atomic E-state index is 6.52. The number of unbranched alkanes of at least 4 members (excludes halogenated alkanes) is 1. The van der Waals surface area contributed by atoms with Crippen LogP contribution in [0.3, 0.4) is 0 Å². The molecule has 4 N–H and O–H groups in total. The number of nitrogens with two attached hydrogens (primary N) is 2. The molecule has 19 heavy (non-hydrogen) atoms. The molecule has 1 aromatic rings. The lowest BCUT2D eigenvalue weighted by molar-refractivity contribution is 0.276. The van der Waals surface area contributed by atoms with Gasteiger partial charge in [0.2, 0.25) is 0 Å². The molecule has 0 amide bonds. The van der Waals surface area contributed by atoms with Crippen LogP contribution in [0.15, 0.2) is 24.3 Å². The Balaban J connectivity index is 1.97. The topological polar surface area (TPSA) is 61.3 Å². The van der Waals surface area contributed by atoms with Gasteiger partial charge in [-0.05, 0) is 49.8 Å². The molecule has 0 saturated heterocycles. The van der Waals surface area contributed by atoms with E-state index in [9.17, 15) is 0 Å². The number of hydrogen-bond donors (Lipinski definition) is 2. The number of hydrogen-bond acceptors (Lipinski definition) is 3. The van der Waals surface area contributed by atoms with E-state index < -0.39 is 0 Å². The van der Waals surface area contributed by atoms with Crippen LogP contribution in [0.5, 0.6) is 5.75 Å². The molecular formula is C16H26N2O. The number of benzene rings is 1. The average Bonchev–Trinajstić information content (AvgIpc) is 2.43. The average molecular weight is 262 g/mol. The first-order chi connectivity index (χ1) is 9.14. The van der Waals surface area contributed by atoms with Crippen molar-refractivity contribution in [1.29, 1.82) is 0 Å². The summed E-state index contributed by atoms with van der Waals surface area (Å²) in [6.07, 6.45) is 6.25. The molecule has 0 atom stereocenters. The number of rotatable bonds is 5. The second-order valence-electron chi connectivity index (χ2n) is 5.72. The van der Waals surface area contributed by atoms with E-state index in [4.69, 9.17) is 16.2 Å². The highest BCUT2D eigenvalue weighted by atomic mass is 16.5. The minimum Gasteiger partial charge on any atom is -0.494 e. The molecule has 1 fully saturated rings. The van der Waals surface area contributed by atoms with Gasteiger partial charge in [-0.25, -0.2) is 0 Å². The molecule has 0 aliphatic heterocycles. The van der Waals surface area contributed by atoms with Gasteiger partial charge in [0.15, 0.2) is 0 Å². The Labute approximate surface area is 116 Å². The molecule has 3 heteroatoms. The summed E-state index contributed by atoms with van der Waals surface area (Å²) in [5.74, 6) is 0.938. The van der Waals surface area contributed by atoms with Crippen LogP contribution in [-0.2, 0) is 5.54 Å². The molecule has 0 radical (unpaired) electrons. The van der Waals surface area contributed by atoms with Crippen LogP contribution in [0.1, 0.15) is 51.0 Å². The van der Waals surface area contributed by atoms with E-state index in [1.54, 1.807) is 0 Å². The predicted octanol–water partition coefficient (Wildman–Crippen LogP) is 2.92. The number of ether oxygens (including phenoxy) is 1. The summed E-state index contributed by atoms with van der Waals surface area (Å²) in [5, 5.41) is 0. The van der Waals surface area contributed by atoms with Crippen LogP contribution in [0, 0.1) is 0 Å². The van der Waals surface area contributed by atoms with E-state index in [0.717, 1.165) is 50.9 Å². The molecule has 0 bridgehead atoms. The van der Waals surface area contributed by atoms with Crippen molar-refractivity contribution < 1.29 is 4.74 Å². The predicted molar refractivity (Wildman–Crippen MR) is 79.2 cm³/mol. The van der Waals surface area contributed by atoms with Gasteiger partial charge in [-0.1, -0.05) is 25.5 Å². The van der Waals surface area contributed by atoms with Crippen molar-refractivity contribution in [2.75, 3.05) is 6.61 Å². The van der Waals surface area contributed by atoms with Crippen LogP contribution in [0.2, 0.25) is 0 Å². The monoisotopic (exact) mass is 262 g/mol. The fourth-order valence-corrected chi connectivity index (χ4v) is 2.66. The molecule has 2 rings (SSSR count). The lowest BCUT2D eigenvalue weighted by Gasteiger charge is -2.36. The van der Waals surface area contributed by atoms with E-state index in [2.05, 4.69) is 19.1 Å². The molecule has 0 heterocycles. The molecule has 0 unspecified atom stereocenters. The van der Waals surface area contributed by atoms with Gasteiger partial charge in [0.1, 0.15) is 5.75 Å². The van der Waals surface area contributed by atoms with Crippen LogP contribution in [0.25, 0.3) is 0 Å². The first-order valence-corrected chi connectivity index (χ1v) is 7.42. The molecule has 1 aromatic carbocycles. The summed E-state index contributed by atoms with van der Waals surface area (Å²) in [4.78, 5) is 0. The van der Waals surface area contributed by atoms with Gasteiger partial charge in [0.05, 0.1) is 6.61 Å². The molecule has 106 valence electrons. The Morgan fingerprint density at radius 1 is 1.21 bits per heavy atom. The molecule has 0 spiro atoms. The smallest absolute Gasteiger partial charge is 0.119 e. The highest BCUT2D eigenvalue weighted by molar-refractivity contribution is 5.32. The zero-order chi connectivity index (χ0) is 13.7. The third kappa shape index (κ3) is 3.71. The van der Waals surface area contributed by atoms with Crippen LogP contribution in [0.4, 0.5) is 0 Å². The fraction of sp³-hybridized carbons (Fsp3) is 0.625. The molecule has 0 aromatic heterocycles. The Bertz CT molecular complexity index is 380. The van der Waals surface area contributed by atoms with Crippen molar-refractivity contribution in [2.45, 2.75) is 57.0 Å². The zero-order valence-corrected chi connectivity index (χ0v) is 11.9. The van der Waals surface area contributed by atoms with Gasteiger partial charge in [-0.3, -0.25) is 0 Å². The summed E-state index contributed by atoms with van der Waals surface area (Å²) in [6.45, 7) is 2.96. The lowest BCUT2D eigenvalue weighted by atomic mass is 9.76. The quantitative estimate of drug-likeness (QED) is 0.802. The first kappa shape index (κ1) is 14.4. The van der Waals surface area contributed by atoms with Crippen molar-refractivity contribution in [3.05, 3.63) is 29.8 Å². The molecular weight excluding hydrogens is 236 g/mol. The van der Waals surface area contributed by atoms with E-state index in [-0.39, 0.29) is 5.54 Å². The van der Waals surface area contributed by atoms with Crippen molar-refractivity contribution in [3.8, 4) is 5.75 Å². The molecule has 1 aliphatic carbocycles.